The molecular weight excluding hydrogens is 793 g/mol. The van der Waals surface area contributed by atoms with Crippen LogP contribution in [0.25, 0.3) is 0 Å². The molecule has 1 atom stereocenters. The van der Waals surface area contributed by atoms with Crippen LogP contribution in [-0.4, -0.2) is 37.2 Å². The van der Waals surface area contributed by atoms with Crippen LogP contribution in [0.1, 0.15) is 258 Å². The Hall–Kier alpha value is -3.15. The van der Waals surface area contributed by atoms with Crippen molar-refractivity contribution in [2.45, 2.75) is 264 Å². The van der Waals surface area contributed by atoms with Gasteiger partial charge in [-0.15, -0.1) is 0 Å². The van der Waals surface area contributed by atoms with E-state index in [4.69, 9.17) is 14.2 Å². The van der Waals surface area contributed by atoms with Crippen LogP contribution in [0.15, 0.2) is 72.9 Å². The van der Waals surface area contributed by atoms with Crippen LogP contribution >= 0.6 is 0 Å². The average Bonchev–Trinajstić information content (AvgIpc) is 3.29. The maximum absolute atomic E-state index is 12.7. The third-order valence-electron chi connectivity index (χ3n) is 11.5. The Balaban J connectivity index is 4.38. The maximum Gasteiger partial charge on any atom is 0.310 e. The maximum atomic E-state index is 12.7. The number of hydrogen-bond donors (Lipinski definition) is 0. The van der Waals surface area contributed by atoms with Crippen molar-refractivity contribution in [2.24, 2.45) is 0 Å². The Morgan fingerprint density at radius 1 is 0.344 bits per heavy atom. The summed E-state index contributed by atoms with van der Waals surface area (Å²) in [5.41, 5.74) is 0. The highest BCUT2D eigenvalue weighted by Gasteiger charge is 2.19. The fourth-order valence-corrected chi connectivity index (χ4v) is 7.45. The van der Waals surface area contributed by atoms with E-state index in [0.717, 1.165) is 70.6 Å². The van der Waals surface area contributed by atoms with Gasteiger partial charge >= 0.3 is 17.9 Å². The van der Waals surface area contributed by atoms with Crippen molar-refractivity contribution in [3.05, 3.63) is 72.9 Å². The zero-order valence-corrected chi connectivity index (χ0v) is 42.0. The summed E-state index contributed by atoms with van der Waals surface area (Å²) in [5.74, 6) is -1.04. The zero-order chi connectivity index (χ0) is 46.5. The topological polar surface area (TPSA) is 78.9 Å². The van der Waals surface area contributed by atoms with Crippen LogP contribution in [0.5, 0.6) is 0 Å². The Kier molecular flexibility index (Phi) is 49.9. The third-order valence-corrected chi connectivity index (χ3v) is 11.5. The number of hydrogen-bond acceptors (Lipinski definition) is 6. The molecule has 0 aliphatic rings. The highest BCUT2D eigenvalue weighted by Crippen LogP contribution is 2.15. The molecule has 368 valence electrons. The highest BCUT2D eigenvalue weighted by molar-refractivity contribution is 5.72. The van der Waals surface area contributed by atoms with Crippen molar-refractivity contribution in [2.75, 3.05) is 13.2 Å². The zero-order valence-electron chi connectivity index (χ0n) is 42.0. The van der Waals surface area contributed by atoms with Gasteiger partial charge in [0.05, 0.1) is 6.42 Å². The van der Waals surface area contributed by atoms with Gasteiger partial charge in [-0.05, 0) is 70.6 Å². The van der Waals surface area contributed by atoms with Gasteiger partial charge in [-0.25, -0.2) is 0 Å². The quantitative estimate of drug-likeness (QED) is 0.0262. The Morgan fingerprint density at radius 3 is 1.02 bits per heavy atom. The Bertz CT molecular complexity index is 1210. The van der Waals surface area contributed by atoms with E-state index in [2.05, 4.69) is 81.5 Å². The molecule has 6 nitrogen and oxygen atoms in total. The van der Waals surface area contributed by atoms with Crippen molar-refractivity contribution in [1.29, 1.82) is 0 Å². The molecule has 0 heterocycles. The van der Waals surface area contributed by atoms with Gasteiger partial charge in [-0.1, -0.05) is 241 Å². The molecule has 64 heavy (non-hydrogen) atoms. The Morgan fingerprint density at radius 2 is 0.656 bits per heavy atom. The Labute approximate surface area is 395 Å². The predicted molar refractivity (Wildman–Crippen MR) is 274 cm³/mol. The molecule has 0 radical (unpaired) electrons. The summed E-state index contributed by atoms with van der Waals surface area (Å²) in [4.78, 5) is 37.9. The standard InChI is InChI=1S/C58H100O6/c1-4-7-10-13-16-19-22-24-26-27-28-29-30-31-33-34-36-39-42-45-48-51-57(60)63-54-55(53-62-56(59)50-47-44-41-38-21-18-15-12-9-6-3)64-58(61)52-49-46-43-40-37-35-32-25-23-20-17-14-11-8-5-2/h8,11,17,20,25,27-28,32,37,40,46,49,55H,4-7,9-10,12-16,18-19,21-24,26,29-31,33-36,38-39,41-45,47-48,50-54H2,1-3H3/b11-8-,20-17-,28-27-,32-25-,40-37-,49-46-. The normalized spacial score (nSPS) is 12.6. The monoisotopic (exact) mass is 893 g/mol. The van der Waals surface area contributed by atoms with E-state index in [9.17, 15) is 14.4 Å². The molecule has 0 aromatic heterocycles. The molecule has 0 aromatic carbocycles. The van der Waals surface area contributed by atoms with Crippen molar-refractivity contribution < 1.29 is 28.6 Å². The molecular formula is C58H100O6. The summed E-state index contributed by atoms with van der Waals surface area (Å²) in [5, 5.41) is 0. The average molecular weight is 893 g/mol. The fraction of sp³-hybridized carbons (Fsp3) is 0.741. The lowest BCUT2D eigenvalue weighted by Crippen LogP contribution is -2.30. The number of allylic oxidation sites excluding steroid dienone is 11. The minimum atomic E-state index is -0.827. The lowest BCUT2D eigenvalue weighted by Gasteiger charge is -2.18. The molecule has 0 amide bonds. The van der Waals surface area contributed by atoms with Gasteiger partial charge in [0.1, 0.15) is 13.2 Å². The van der Waals surface area contributed by atoms with Gasteiger partial charge in [0.15, 0.2) is 6.10 Å². The van der Waals surface area contributed by atoms with Crippen LogP contribution in [0.2, 0.25) is 0 Å². The van der Waals surface area contributed by atoms with Crippen LogP contribution < -0.4 is 0 Å². The molecule has 0 spiro atoms. The van der Waals surface area contributed by atoms with E-state index < -0.39 is 12.1 Å². The van der Waals surface area contributed by atoms with Gasteiger partial charge in [0.25, 0.3) is 0 Å². The number of ether oxygens (including phenoxy) is 3. The molecule has 0 saturated heterocycles. The van der Waals surface area contributed by atoms with Crippen molar-refractivity contribution in [3.8, 4) is 0 Å². The predicted octanol–water partition coefficient (Wildman–Crippen LogP) is 17.8. The fourth-order valence-electron chi connectivity index (χ4n) is 7.45. The first-order valence-electron chi connectivity index (χ1n) is 26.9. The van der Waals surface area contributed by atoms with Crippen LogP contribution in [0.4, 0.5) is 0 Å². The van der Waals surface area contributed by atoms with E-state index in [1.165, 1.54) is 148 Å². The van der Waals surface area contributed by atoms with Gasteiger partial charge in [0.2, 0.25) is 0 Å². The first-order chi connectivity index (χ1) is 31.5. The molecule has 0 aromatic rings. The smallest absolute Gasteiger partial charge is 0.310 e. The lowest BCUT2D eigenvalue weighted by molar-refractivity contribution is -0.166. The van der Waals surface area contributed by atoms with Gasteiger partial charge in [0, 0.05) is 12.8 Å². The first-order valence-corrected chi connectivity index (χ1v) is 26.9. The SMILES string of the molecule is CC/C=C\C/C=C\C/C=C\C/C=C\C/C=C\CC(=O)OC(COC(=O)CCCCCCCCCCCC)COC(=O)CCCCCCCCCCC/C=C\CCCCCCCCCC. The molecule has 1 unspecified atom stereocenters. The second-order valence-corrected chi connectivity index (χ2v) is 17.8. The molecule has 0 saturated carbocycles. The van der Waals surface area contributed by atoms with Crippen molar-refractivity contribution in [1.82, 2.24) is 0 Å². The van der Waals surface area contributed by atoms with Crippen LogP contribution in [0, 0.1) is 0 Å². The van der Waals surface area contributed by atoms with Gasteiger partial charge in [-0.3, -0.25) is 14.4 Å². The van der Waals surface area contributed by atoms with E-state index in [-0.39, 0.29) is 31.6 Å². The molecule has 0 N–H and O–H groups in total. The number of rotatable bonds is 48. The van der Waals surface area contributed by atoms with Gasteiger partial charge < -0.3 is 14.2 Å². The summed E-state index contributed by atoms with van der Waals surface area (Å²) < 4.78 is 16.7. The summed E-state index contributed by atoms with van der Waals surface area (Å²) in [6, 6.07) is 0. The van der Waals surface area contributed by atoms with Crippen molar-refractivity contribution in [3.63, 3.8) is 0 Å². The van der Waals surface area contributed by atoms with Crippen LogP contribution in [-0.2, 0) is 28.6 Å². The third kappa shape index (κ3) is 49.9. The number of esters is 3. The summed E-state index contributed by atoms with van der Waals surface area (Å²) >= 11 is 0. The molecule has 0 fully saturated rings. The molecule has 0 aliphatic carbocycles. The van der Waals surface area contributed by atoms with E-state index in [1.54, 1.807) is 6.08 Å². The summed E-state index contributed by atoms with van der Waals surface area (Å²) in [7, 11) is 0. The highest BCUT2D eigenvalue weighted by atomic mass is 16.6. The molecule has 0 bridgehead atoms. The van der Waals surface area contributed by atoms with Gasteiger partial charge in [-0.2, -0.15) is 0 Å². The largest absolute Gasteiger partial charge is 0.462 e. The van der Waals surface area contributed by atoms with Crippen molar-refractivity contribution >= 4 is 17.9 Å². The van der Waals surface area contributed by atoms with Crippen LogP contribution in [0.3, 0.4) is 0 Å². The second kappa shape index (κ2) is 52.5. The number of carbonyl (C=O) groups excluding carboxylic acids is 3. The molecule has 6 heteroatoms. The van der Waals surface area contributed by atoms with E-state index in [1.807, 2.05) is 6.08 Å². The molecule has 0 rings (SSSR count). The lowest BCUT2D eigenvalue weighted by atomic mass is 10.1. The minimum absolute atomic E-state index is 0.0985. The molecule has 0 aliphatic heterocycles. The minimum Gasteiger partial charge on any atom is -0.462 e. The first kappa shape index (κ1) is 60.9. The number of unbranched alkanes of at least 4 members (excludes halogenated alkanes) is 26. The summed E-state index contributed by atoms with van der Waals surface area (Å²) in [6.45, 7) is 6.43. The number of carbonyl (C=O) groups is 3. The summed E-state index contributed by atoms with van der Waals surface area (Å²) in [6.07, 6.45) is 66.4. The second-order valence-electron chi connectivity index (χ2n) is 17.8. The van der Waals surface area contributed by atoms with E-state index >= 15 is 0 Å². The van der Waals surface area contributed by atoms with E-state index in [0.29, 0.717) is 12.8 Å².